The fourth-order valence-electron chi connectivity index (χ4n) is 8.59. The third-order valence-electron chi connectivity index (χ3n) is 11.9. The third kappa shape index (κ3) is 9.87. The van der Waals surface area contributed by atoms with Crippen molar-refractivity contribution in [3.63, 3.8) is 0 Å². The number of nitrogens with one attached hydrogen (secondary N) is 3. The van der Waals surface area contributed by atoms with Crippen molar-refractivity contribution in [2.24, 2.45) is 11.8 Å². The largest absolute Gasteiger partial charge is 0.496 e. The molecule has 6 rings (SSSR count). The van der Waals surface area contributed by atoms with E-state index in [4.69, 9.17) is 14.2 Å². The first-order valence-electron chi connectivity index (χ1n) is 20.2. The van der Waals surface area contributed by atoms with Gasteiger partial charge in [-0.3, -0.25) is 9.59 Å². The number of hydrogen-bond acceptors (Lipinski definition) is 8. The van der Waals surface area contributed by atoms with Gasteiger partial charge in [0.25, 0.3) is 0 Å². The lowest BCUT2D eigenvalue weighted by Gasteiger charge is -2.33. The molecule has 12 nitrogen and oxygen atoms in total. The number of fused-ring (bicyclic) bond motifs is 3. The van der Waals surface area contributed by atoms with Crippen molar-refractivity contribution in [3.8, 4) is 5.75 Å². The lowest BCUT2D eigenvalue weighted by molar-refractivity contribution is -0.141. The second-order valence-corrected chi connectivity index (χ2v) is 18.1. The van der Waals surface area contributed by atoms with Crippen molar-refractivity contribution < 1.29 is 37.0 Å². The van der Waals surface area contributed by atoms with Crippen molar-refractivity contribution >= 4 is 38.7 Å². The molecule has 3 amide bonds. The Morgan fingerprint density at radius 2 is 1.67 bits per heavy atom. The van der Waals surface area contributed by atoms with Gasteiger partial charge in [-0.1, -0.05) is 76.1 Å². The van der Waals surface area contributed by atoms with Crippen molar-refractivity contribution in [2.45, 2.75) is 139 Å². The van der Waals surface area contributed by atoms with E-state index in [0.717, 1.165) is 81.8 Å². The Kier molecular flexibility index (Phi) is 13.4. The molecular formula is C41H60N4O8S. The molecular weight excluding hydrogens is 709 g/mol. The maximum absolute atomic E-state index is 14.2. The molecule has 6 atom stereocenters. The summed E-state index contributed by atoms with van der Waals surface area (Å²) < 4.78 is 45.6. The number of hydrogen-bond donors (Lipinski definition) is 3. The van der Waals surface area contributed by atoms with Crippen molar-refractivity contribution in [2.75, 3.05) is 27.4 Å². The molecule has 6 unspecified atom stereocenters. The number of rotatable bonds is 14. The van der Waals surface area contributed by atoms with Gasteiger partial charge in [-0.2, -0.15) is 4.72 Å². The Morgan fingerprint density at radius 3 is 2.39 bits per heavy atom. The fourth-order valence-corrected chi connectivity index (χ4v) is 10.1. The molecule has 0 spiro atoms. The first kappa shape index (κ1) is 40.2. The van der Waals surface area contributed by atoms with Gasteiger partial charge >= 0.3 is 6.09 Å². The molecule has 2 aromatic rings. The molecule has 2 aliphatic heterocycles. The normalized spacial score (nSPS) is 27.2. The monoisotopic (exact) mass is 768 g/mol. The zero-order valence-electron chi connectivity index (χ0n) is 32.3. The minimum atomic E-state index is -3.58. The summed E-state index contributed by atoms with van der Waals surface area (Å²) in [5.74, 6) is 0.462. The average Bonchev–Trinajstić information content (AvgIpc) is 4.09. The molecule has 54 heavy (non-hydrogen) atoms. The maximum Gasteiger partial charge on any atom is 0.407 e. The summed E-state index contributed by atoms with van der Waals surface area (Å²) in [5.41, 5.74) is 0.313. The van der Waals surface area contributed by atoms with Crippen LogP contribution in [0.2, 0.25) is 0 Å². The Bertz CT molecular complexity index is 1730. The van der Waals surface area contributed by atoms with Gasteiger partial charge in [-0.15, -0.1) is 0 Å². The molecule has 0 bridgehead atoms. The highest BCUT2D eigenvalue weighted by atomic mass is 32.2. The molecule has 3 N–H and O–H groups in total. The van der Waals surface area contributed by atoms with Crippen molar-refractivity contribution in [1.82, 2.24) is 20.3 Å². The van der Waals surface area contributed by atoms with Gasteiger partial charge in [0.05, 0.1) is 24.5 Å². The third-order valence-corrected chi connectivity index (χ3v) is 13.8. The summed E-state index contributed by atoms with van der Waals surface area (Å²) in [6.45, 7) is 2.66. The highest BCUT2D eigenvalue weighted by Crippen LogP contribution is 2.50. The second kappa shape index (κ2) is 18.0. The molecule has 298 valence electrons. The van der Waals surface area contributed by atoms with Gasteiger partial charge in [0.1, 0.15) is 24.1 Å². The van der Waals surface area contributed by atoms with E-state index >= 15 is 0 Å². The first-order valence-corrected chi connectivity index (χ1v) is 21.7. The summed E-state index contributed by atoms with van der Waals surface area (Å²) in [7, 11) is -0.399. The molecule has 13 heteroatoms. The standard InChI is InChI=1S/C41H60N4O8S/c1-28-23-35-37(46)43-41(39(52-3)44-54(49,50)33-20-21-33)26-32(41)18-10-5-4-6-11-19-34(38(47)45(35)27-28)42-40(48)53-22-14-8-7-9-17-31-24-29-15-12-13-16-30(29)25-36(31)51-2/h12-13,15-16,24-25,28,32-35,39,44H,4-11,14,17-23,26-27H2,1-3H3,(H,42,48)(H,43,46). The fraction of sp³-hybridized carbons (Fsp3) is 0.683. The summed E-state index contributed by atoms with van der Waals surface area (Å²) in [6, 6.07) is 11.0. The van der Waals surface area contributed by atoms with E-state index < -0.39 is 45.2 Å². The summed E-state index contributed by atoms with van der Waals surface area (Å²) in [4.78, 5) is 42.9. The van der Waals surface area contributed by atoms with E-state index in [0.29, 0.717) is 38.6 Å². The number of carbonyl (C=O) groups is 3. The van der Waals surface area contributed by atoms with Gasteiger partial charge in [-0.25, -0.2) is 13.2 Å². The van der Waals surface area contributed by atoms with Gasteiger partial charge < -0.3 is 29.7 Å². The molecule has 2 saturated carbocycles. The lowest BCUT2D eigenvalue weighted by atomic mass is 10.0. The summed E-state index contributed by atoms with van der Waals surface area (Å²) in [6.07, 6.45) is 11.2. The minimum absolute atomic E-state index is 0.0683. The van der Waals surface area contributed by atoms with E-state index in [9.17, 15) is 22.8 Å². The molecule has 2 saturated heterocycles. The van der Waals surface area contributed by atoms with E-state index in [1.807, 2.05) is 19.1 Å². The van der Waals surface area contributed by atoms with Crippen molar-refractivity contribution in [1.29, 1.82) is 0 Å². The first-order chi connectivity index (χ1) is 26.0. The van der Waals surface area contributed by atoms with Crippen LogP contribution >= 0.6 is 0 Å². The molecule has 4 aliphatic rings. The lowest BCUT2D eigenvalue weighted by Crippen LogP contribution is -2.60. The molecule has 2 aliphatic carbocycles. The van der Waals surface area contributed by atoms with E-state index in [2.05, 4.69) is 39.6 Å². The predicted molar refractivity (Wildman–Crippen MR) is 207 cm³/mol. The van der Waals surface area contributed by atoms with Crippen LogP contribution in [0.4, 0.5) is 4.79 Å². The number of nitrogens with zero attached hydrogens (tertiary/aromatic N) is 1. The van der Waals surface area contributed by atoms with Crippen molar-refractivity contribution in [3.05, 3.63) is 42.0 Å². The highest BCUT2D eigenvalue weighted by Gasteiger charge is 2.62. The van der Waals surface area contributed by atoms with Crippen LogP contribution in [0.5, 0.6) is 5.75 Å². The highest BCUT2D eigenvalue weighted by molar-refractivity contribution is 7.90. The van der Waals surface area contributed by atoms with Gasteiger partial charge in [0.2, 0.25) is 21.8 Å². The average molecular weight is 769 g/mol. The number of sulfonamides is 1. The summed E-state index contributed by atoms with van der Waals surface area (Å²) >= 11 is 0. The molecule has 2 aromatic carbocycles. The Balaban J connectivity index is 1.02. The number of benzene rings is 2. The van der Waals surface area contributed by atoms with Gasteiger partial charge in [0.15, 0.2) is 0 Å². The van der Waals surface area contributed by atoms with Crippen LogP contribution in [0.15, 0.2) is 36.4 Å². The van der Waals surface area contributed by atoms with Gasteiger partial charge in [-0.05, 0) is 98.1 Å². The maximum atomic E-state index is 14.2. The molecule has 2 heterocycles. The van der Waals surface area contributed by atoms with Crippen LogP contribution in [-0.2, 0) is 35.5 Å². The van der Waals surface area contributed by atoms with Crippen LogP contribution < -0.4 is 20.1 Å². The van der Waals surface area contributed by atoms with E-state index in [1.165, 1.54) is 18.1 Å². The van der Waals surface area contributed by atoms with Crippen LogP contribution in [0.3, 0.4) is 0 Å². The number of ether oxygens (including phenoxy) is 3. The Labute approximate surface area is 320 Å². The second-order valence-electron chi connectivity index (χ2n) is 16.1. The predicted octanol–water partition coefficient (Wildman–Crippen LogP) is 5.96. The van der Waals surface area contributed by atoms with Crippen LogP contribution in [0, 0.1) is 11.8 Å². The van der Waals surface area contributed by atoms with Crippen LogP contribution in [-0.4, -0.2) is 87.7 Å². The Morgan fingerprint density at radius 1 is 0.963 bits per heavy atom. The number of carbonyl (C=O) groups excluding carboxylic acids is 3. The number of amides is 3. The molecule has 0 aromatic heterocycles. The number of methoxy groups -OCH3 is 2. The quantitative estimate of drug-likeness (QED) is 0.157. The van der Waals surface area contributed by atoms with Crippen LogP contribution in [0.1, 0.15) is 109 Å². The molecule has 4 fully saturated rings. The minimum Gasteiger partial charge on any atom is -0.496 e. The molecule has 0 radical (unpaired) electrons. The Hall–Kier alpha value is -3.42. The topological polar surface area (TPSA) is 152 Å². The van der Waals surface area contributed by atoms with Gasteiger partial charge in [0, 0.05) is 13.7 Å². The number of aryl methyl sites for hydroxylation is 1. The number of unbranched alkanes of at least 4 members (excludes halogenated alkanes) is 3. The van der Waals surface area contributed by atoms with Crippen LogP contribution in [0.25, 0.3) is 10.8 Å². The smallest absolute Gasteiger partial charge is 0.407 e. The van der Waals surface area contributed by atoms with E-state index in [1.54, 1.807) is 12.0 Å². The van der Waals surface area contributed by atoms with E-state index in [-0.39, 0.29) is 30.3 Å². The number of alkyl carbamates (subject to hydrolysis) is 1. The zero-order valence-corrected chi connectivity index (χ0v) is 33.1. The SMILES string of the molecule is COc1cc2ccccc2cc1CCCCCCOC(=O)NC1CCCCCCCC2CC2(C(NS(=O)(=O)C2CC2)OC)NC(=O)C2CC(C)CN2C1=O. The zero-order chi connectivity index (χ0) is 38.3. The summed E-state index contributed by atoms with van der Waals surface area (Å²) in [5, 5.41) is 8.00.